The largest absolute Gasteiger partial charge is 0.375 e. The van der Waals surface area contributed by atoms with Crippen LogP contribution < -0.4 is 5.32 Å². The smallest absolute Gasteiger partial charge is 0.317 e. The first-order valence-electron chi connectivity index (χ1n) is 6.82. The maximum atomic E-state index is 12.0. The summed E-state index contributed by atoms with van der Waals surface area (Å²) in [5, 5.41) is 5.11. The summed E-state index contributed by atoms with van der Waals surface area (Å²) in [6, 6.07) is 4.25. The van der Waals surface area contributed by atoms with E-state index in [0.29, 0.717) is 25.6 Å². The molecule has 0 bridgehead atoms. The maximum Gasteiger partial charge on any atom is 0.317 e. The molecule has 1 aromatic rings. The quantitative estimate of drug-likeness (QED) is 0.921. The van der Waals surface area contributed by atoms with Gasteiger partial charge in [-0.2, -0.15) is 0 Å². The van der Waals surface area contributed by atoms with Gasteiger partial charge in [0.2, 0.25) is 0 Å². The first-order chi connectivity index (χ1) is 9.15. The van der Waals surface area contributed by atoms with E-state index in [1.165, 1.54) is 4.88 Å². The maximum absolute atomic E-state index is 12.0. The molecule has 19 heavy (non-hydrogen) atoms. The van der Waals surface area contributed by atoms with E-state index in [0.717, 1.165) is 13.0 Å². The molecule has 1 fully saturated rings. The number of nitrogens with one attached hydrogen (secondary N) is 1. The van der Waals surface area contributed by atoms with E-state index in [9.17, 15) is 4.79 Å². The van der Waals surface area contributed by atoms with Crippen molar-refractivity contribution in [3.8, 4) is 0 Å². The SMILES string of the molecule is C[C@H](CNC(=O)N1CCO[C@H](C)C1)Cc1cccs1. The number of hydrogen-bond acceptors (Lipinski definition) is 3. The third-order valence-corrected chi connectivity index (χ3v) is 4.16. The van der Waals surface area contributed by atoms with Crippen molar-refractivity contribution < 1.29 is 9.53 Å². The highest BCUT2D eigenvalue weighted by atomic mass is 32.1. The van der Waals surface area contributed by atoms with Gasteiger partial charge in [0.25, 0.3) is 0 Å². The Morgan fingerprint density at radius 1 is 1.68 bits per heavy atom. The Hall–Kier alpha value is -1.07. The van der Waals surface area contributed by atoms with Crippen LogP contribution in [0.3, 0.4) is 0 Å². The zero-order chi connectivity index (χ0) is 13.7. The predicted molar refractivity (Wildman–Crippen MR) is 77.6 cm³/mol. The Labute approximate surface area is 118 Å². The average molecular weight is 282 g/mol. The number of urea groups is 1. The standard InChI is InChI=1S/C14H22N2O2S/c1-11(8-13-4-3-7-19-13)9-15-14(17)16-5-6-18-12(2)10-16/h3-4,7,11-12H,5-6,8-10H2,1-2H3,(H,15,17)/t11-,12+/m0/s1. The van der Waals surface area contributed by atoms with Gasteiger partial charge in [0.15, 0.2) is 0 Å². The molecule has 0 aromatic carbocycles. The molecule has 2 heterocycles. The molecule has 0 spiro atoms. The van der Waals surface area contributed by atoms with Gasteiger partial charge in [-0.15, -0.1) is 11.3 Å². The molecule has 0 saturated carbocycles. The van der Waals surface area contributed by atoms with Gasteiger partial charge in [-0.05, 0) is 30.7 Å². The molecular formula is C14H22N2O2S. The van der Waals surface area contributed by atoms with Gasteiger partial charge >= 0.3 is 6.03 Å². The van der Waals surface area contributed by atoms with E-state index in [-0.39, 0.29) is 12.1 Å². The minimum atomic E-state index is 0.0354. The molecule has 0 aliphatic carbocycles. The van der Waals surface area contributed by atoms with Gasteiger partial charge in [0, 0.05) is 24.5 Å². The lowest BCUT2D eigenvalue weighted by Gasteiger charge is -2.31. The summed E-state index contributed by atoms with van der Waals surface area (Å²) in [7, 11) is 0. The van der Waals surface area contributed by atoms with Crippen LogP contribution in [0, 0.1) is 5.92 Å². The number of amides is 2. The van der Waals surface area contributed by atoms with Crippen LogP contribution in [0.2, 0.25) is 0 Å². The third kappa shape index (κ3) is 4.51. The monoisotopic (exact) mass is 282 g/mol. The van der Waals surface area contributed by atoms with Crippen molar-refractivity contribution >= 4 is 17.4 Å². The Morgan fingerprint density at radius 3 is 3.21 bits per heavy atom. The zero-order valence-corrected chi connectivity index (χ0v) is 12.4. The zero-order valence-electron chi connectivity index (χ0n) is 11.6. The van der Waals surface area contributed by atoms with E-state index in [1.807, 2.05) is 11.8 Å². The summed E-state index contributed by atoms with van der Waals surface area (Å²) in [5.41, 5.74) is 0. The number of morpholine rings is 1. The molecule has 1 aliphatic heterocycles. The van der Waals surface area contributed by atoms with Gasteiger partial charge in [-0.1, -0.05) is 13.0 Å². The van der Waals surface area contributed by atoms with Gasteiger partial charge in [0.05, 0.1) is 12.7 Å². The van der Waals surface area contributed by atoms with Crippen LogP contribution >= 0.6 is 11.3 Å². The number of nitrogens with zero attached hydrogens (tertiary/aromatic N) is 1. The van der Waals surface area contributed by atoms with Crippen LogP contribution in [0.5, 0.6) is 0 Å². The number of rotatable bonds is 4. The van der Waals surface area contributed by atoms with Crippen molar-refractivity contribution in [2.75, 3.05) is 26.2 Å². The lowest BCUT2D eigenvalue weighted by molar-refractivity contribution is -0.00355. The van der Waals surface area contributed by atoms with E-state index < -0.39 is 0 Å². The van der Waals surface area contributed by atoms with Crippen molar-refractivity contribution in [1.82, 2.24) is 10.2 Å². The van der Waals surface area contributed by atoms with Crippen LogP contribution in [-0.2, 0) is 11.2 Å². The fourth-order valence-electron chi connectivity index (χ4n) is 2.22. The van der Waals surface area contributed by atoms with Crippen molar-refractivity contribution in [3.05, 3.63) is 22.4 Å². The fraction of sp³-hybridized carbons (Fsp3) is 0.643. The van der Waals surface area contributed by atoms with Gasteiger partial charge < -0.3 is 15.0 Å². The van der Waals surface area contributed by atoms with E-state index >= 15 is 0 Å². The Morgan fingerprint density at radius 2 is 2.53 bits per heavy atom. The van der Waals surface area contributed by atoms with Crippen LogP contribution in [0.25, 0.3) is 0 Å². The molecule has 1 saturated heterocycles. The van der Waals surface area contributed by atoms with Crippen molar-refractivity contribution in [2.24, 2.45) is 5.92 Å². The first-order valence-corrected chi connectivity index (χ1v) is 7.70. The molecule has 1 aliphatic rings. The summed E-state index contributed by atoms with van der Waals surface area (Å²) in [5.74, 6) is 0.459. The van der Waals surface area contributed by atoms with Gasteiger partial charge in [0.1, 0.15) is 0 Å². The highest BCUT2D eigenvalue weighted by Gasteiger charge is 2.21. The van der Waals surface area contributed by atoms with Crippen molar-refractivity contribution in [2.45, 2.75) is 26.4 Å². The summed E-state index contributed by atoms with van der Waals surface area (Å²) in [6.45, 7) is 6.91. The second-order valence-electron chi connectivity index (χ2n) is 5.20. The Bertz CT molecular complexity index is 394. The number of ether oxygens (including phenoxy) is 1. The molecular weight excluding hydrogens is 260 g/mol. The number of carbonyl (C=O) groups excluding carboxylic acids is 1. The van der Waals surface area contributed by atoms with Crippen molar-refractivity contribution in [1.29, 1.82) is 0 Å². The molecule has 0 radical (unpaired) electrons. The highest BCUT2D eigenvalue weighted by Crippen LogP contribution is 2.14. The van der Waals surface area contributed by atoms with E-state index in [1.54, 1.807) is 11.3 Å². The molecule has 106 valence electrons. The van der Waals surface area contributed by atoms with E-state index in [2.05, 4.69) is 29.8 Å². The fourth-order valence-corrected chi connectivity index (χ4v) is 3.09. The van der Waals surface area contributed by atoms with Crippen LogP contribution in [0.15, 0.2) is 17.5 Å². The summed E-state index contributed by atoms with van der Waals surface area (Å²) in [4.78, 5) is 15.2. The second kappa shape index (κ2) is 6.91. The molecule has 2 atom stereocenters. The van der Waals surface area contributed by atoms with E-state index in [4.69, 9.17) is 4.74 Å². The lowest BCUT2D eigenvalue weighted by Crippen LogP contribution is -2.49. The van der Waals surface area contributed by atoms with Crippen LogP contribution in [0.1, 0.15) is 18.7 Å². The summed E-state index contributed by atoms with van der Waals surface area (Å²) in [6.07, 6.45) is 1.17. The summed E-state index contributed by atoms with van der Waals surface area (Å²) >= 11 is 1.77. The normalized spacial score (nSPS) is 21.2. The molecule has 4 nitrogen and oxygen atoms in total. The molecule has 0 unspecified atom stereocenters. The summed E-state index contributed by atoms with van der Waals surface area (Å²) < 4.78 is 5.43. The highest BCUT2D eigenvalue weighted by molar-refractivity contribution is 7.09. The third-order valence-electron chi connectivity index (χ3n) is 3.26. The Balaban J connectivity index is 1.70. The van der Waals surface area contributed by atoms with Gasteiger partial charge in [-0.25, -0.2) is 4.79 Å². The number of carbonyl (C=O) groups is 1. The minimum absolute atomic E-state index is 0.0354. The van der Waals surface area contributed by atoms with Crippen LogP contribution in [0.4, 0.5) is 4.79 Å². The molecule has 1 N–H and O–H groups in total. The topological polar surface area (TPSA) is 41.6 Å². The average Bonchev–Trinajstić information content (AvgIpc) is 2.88. The molecule has 5 heteroatoms. The number of thiophene rings is 1. The second-order valence-corrected chi connectivity index (χ2v) is 6.23. The minimum Gasteiger partial charge on any atom is -0.375 e. The Kier molecular flexibility index (Phi) is 5.22. The molecule has 2 rings (SSSR count). The van der Waals surface area contributed by atoms with Gasteiger partial charge in [-0.3, -0.25) is 0 Å². The molecule has 1 aromatic heterocycles. The van der Waals surface area contributed by atoms with Crippen molar-refractivity contribution in [3.63, 3.8) is 0 Å². The lowest BCUT2D eigenvalue weighted by atomic mass is 10.1. The molecule has 2 amide bonds. The first kappa shape index (κ1) is 14.3. The van der Waals surface area contributed by atoms with Crippen LogP contribution in [-0.4, -0.2) is 43.3 Å². The predicted octanol–water partition coefficient (Wildman–Crippen LogP) is 2.36. The number of hydrogen-bond donors (Lipinski definition) is 1.